The van der Waals surface area contributed by atoms with E-state index in [0.29, 0.717) is 30.6 Å². The number of H-pyrrole nitrogens is 1. The number of rotatable bonds is 4. The van der Waals surface area contributed by atoms with Gasteiger partial charge in [-0.05, 0) is 24.5 Å². The van der Waals surface area contributed by atoms with Gasteiger partial charge in [0.15, 0.2) is 0 Å². The van der Waals surface area contributed by atoms with Crippen LogP contribution in [-0.4, -0.2) is 27.2 Å². The van der Waals surface area contributed by atoms with E-state index < -0.39 is 29.8 Å². The minimum atomic E-state index is -0.841. The number of carbonyl (C=O) groups is 1. The maximum Gasteiger partial charge on any atom is 0.328 e. The summed E-state index contributed by atoms with van der Waals surface area (Å²) in [6.45, 7) is 0.0213. The molecular formula is C16H15Cl2N3O4. The van der Waals surface area contributed by atoms with E-state index in [-0.39, 0.29) is 15.6 Å². The Bertz CT molecular complexity index is 951. The lowest BCUT2D eigenvalue weighted by molar-refractivity contribution is 0.0913. The van der Waals surface area contributed by atoms with E-state index in [1.165, 1.54) is 4.57 Å². The van der Waals surface area contributed by atoms with Crippen molar-refractivity contribution in [1.29, 1.82) is 0 Å². The Kier molecular flexibility index (Phi) is 4.99. The van der Waals surface area contributed by atoms with Crippen molar-refractivity contribution in [2.75, 3.05) is 6.61 Å². The molecule has 1 aromatic heterocycles. The number of hydrogen-bond acceptors (Lipinski definition) is 4. The van der Waals surface area contributed by atoms with Crippen LogP contribution in [-0.2, 0) is 13.0 Å². The van der Waals surface area contributed by atoms with Gasteiger partial charge >= 0.3 is 5.69 Å². The Morgan fingerprint density at radius 2 is 2.12 bits per heavy atom. The van der Waals surface area contributed by atoms with Gasteiger partial charge in [0.2, 0.25) is 0 Å². The highest BCUT2D eigenvalue weighted by Crippen LogP contribution is 2.30. The number of halogens is 2. The zero-order valence-electron chi connectivity index (χ0n) is 13.0. The predicted octanol–water partition coefficient (Wildman–Crippen LogP) is 1.25. The molecule has 0 saturated carbocycles. The molecule has 1 aliphatic heterocycles. The highest BCUT2D eigenvalue weighted by atomic mass is 35.5. The molecule has 1 aromatic carbocycles. The number of aromatic amines is 1. The van der Waals surface area contributed by atoms with E-state index in [1.54, 1.807) is 18.2 Å². The molecule has 9 heteroatoms. The van der Waals surface area contributed by atoms with Crippen molar-refractivity contribution < 1.29 is 9.90 Å². The third kappa shape index (κ3) is 3.22. The first-order valence-electron chi connectivity index (χ1n) is 7.65. The van der Waals surface area contributed by atoms with E-state index in [0.717, 1.165) is 0 Å². The molecule has 25 heavy (non-hydrogen) atoms. The first-order valence-corrected chi connectivity index (χ1v) is 8.41. The molecule has 0 aliphatic carbocycles. The number of hydrogen-bond donors (Lipinski definition) is 3. The summed E-state index contributed by atoms with van der Waals surface area (Å²) in [5.74, 6) is -0.679. The first kappa shape index (κ1) is 17.7. The van der Waals surface area contributed by atoms with Crippen LogP contribution in [0, 0.1) is 0 Å². The van der Waals surface area contributed by atoms with Crippen molar-refractivity contribution in [3.8, 4) is 0 Å². The van der Waals surface area contributed by atoms with Crippen LogP contribution >= 0.6 is 23.2 Å². The van der Waals surface area contributed by atoms with Gasteiger partial charge in [-0.3, -0.25) is 19.1 Å². The minimum Gasteiger partial charge on any atom is -0.394 e. The first-order chi connectivity index (χ1) is 11.9. The van der Waals surface area contributed by atoms with Crippen LogP contribution in [0.15, 0.2) is 27.8 Å². The van der Waals surface area contributed by atoms with Crippen molar-refractivity contribution in [3.63, 3.8) is 0 Å². The largest absolute Gasteiger partial charge is 0.394 e. The summed E-state index contributed by atoms with van der Waals surface area (Å²) in [6.07, 6.45) is 1.14. The number of aliphatic hydroxyl groups excluding tert-OH is 1. The molecule has 1 unspecified atom stereocenters. The smallest absolute Gasteiger partial charge is 0.328 e. The average molecular weight is 384 g/mol. The molecule has 1 aliphatic rings. The molecular weight excluding hydrogens is 369 g/mol. The fraction of sp³-hybridized carbons (Fsp3) is 0.312. The van der Waals surface area contributed by atoms with E-state index in [2.05, 4.69) is 10.3 Å². The Hall–Kier alpha value is -2.09. The number of nitrogens with zero attached hydrogens (tertiary/aromatic N) is 1. The minimum absolute atomic E-state index is 0.117. The summed E-state index contributed by atoms with van der Waals surface area (Å²) in [5.41, 5.74) is -0.546. The van der Waals surface area contributed by atoms with Crippen molar-refractivity contribution >= 4 is 29.1 Å². The third-order valence-electron chi connectivity index (χ3n) is 4.17. The fourth-order valence-electron chi connectivity index (χ4n) is 2.99. The monoisotopic (exact) mass is 383 g/mol. The highest BCUT2D eigenvalue weighted by Gasteiger charge is 2.26. The summed E-state index contributed by atoms with van der Waals surface area (Å²) >= 11 is 12.1. The van der Waals surface area contributed by atoms with E-state index in [1.807, 2.05) is 0 Å². The SMILES string of the molecule is O=C(NC(CO)c1cccc(Cl)c1Cl)c1c2n(c(=O)[nH]c1=O)CCC2. The Morgan fingerprint density at radius 3 is 2.84 bits per heavy atom. The molecule has 3 N–H and O–H groups in total. The number of nitrogens with one attached hydrogen (secondary N) is 2. The molecule has 0 saturated heterocycles. The molecule has 1 amide bonds. The molecule has 132 valence electrons. The van der Waals surface area contributed by atoms with Gasteiger partial charge in [0.05, 0.1) is 22.7 Å². The summed E-state index contributed by atoms with van der Waals surface area (Å²) < 4.78 is 1.39. The number of fused-ring (bicyclic) bond motifs is 1. The lowest BCUT2D eigenvalue weighted by atomic mass is 10.1. The van der Waals surface area contributed by atoms with Gasteiger partial charge in [-0.1, -0.05) is 35.3 Å². The number of benzene rings is 1. The molecule has 0 bridgehead atoms. The molecule has 3 rings (SSSR count). The predicted molar refractivity (Wildman–Crippen MR) is 93.4 cm³/mol. The van der Waals surface area contributed by atoms with Crippen LogP contribution in [0.4, 0.5) is 0 Å². The van der Waals surface area contributed by atoms with Crippen molar-refractivity contribution in [3.05, 3.63) is 65.9 Å². The van der Waals surface area contributed by atoms with Crippen molar-refractivity contribution in [1.82, 2.24) is 14.9 Å². The molecule has 1 atom stereocenters. The van der Waals surface area contributed by atoms with Crippen molar-refractivity contribution in [2.24, 2.45) is 0 Å². The van der Waals surface area contributed by atoms with Crippen LogP contribution in [0.25, 0.3) is 0 Å². The maximum atomic E-state index is 12.6. The van der Waals surface area contributed by atoms with Gasteiger partial charge < -0.3 is 10.4 Å². The van der Waals surface area contributed by atoms with Gasteiger partial charge in [-0.25, -0.2) is 4.79 Å². The summed E-state index contributed by atoms with van der Waals surface area (Å²) in [7, 11) is 0. The van der Waals surface area contributed by atoms with Gasteiger partial charge in [0, 0.05) is 12.2 Å². The number of aliphatic hydroxyl groups is 1. The second-order valence-corrected chi connectivity index (χ2v) is 6.47. The second-order valence-electron chi connectivity index (χ2n) is 5.69. The maximum absolute atomic E-state index is 12.6. The summed E-state index contributed by atoms with van der Waals surface area (Å²) in [4.78, 5) is 38.7. The summed E-state index contributed by atoms with van der Waals surface area (Å²) in [5, 5.41) is 12.7. The molecule has 2 heterocycles. The van der Waals surface area contributed by atoms with Crippen LogP contribution in [0.2, 0.25) is 10.0 Å². The van der Waals surface area contributed by atoms with Gasteiger partial charge in [-0.15, -0.1) is 0 Å². The van der Waals surface area contributed by atoms with Gasteiger partial charge in [0.1, 0.15) is 5.56 Å². The quantitative estimate of drug-likeness (QED) is 0.738. The van der Waals surface area contributed by atoms with Crippen LogP contribution in [0.1, 0.15) is 34.1 Å². The fourth-order valence-corrected chi connectivity index (χ4v) is 3.43. The number of carbonyl (C=O) groups excluding carboxylic acids is 1. The Morgan fingerprint density at radius 1 is 1.36 bits per heavy atom. The van der Waals surface area contributed by atoms with Crippen LogP contribution in [0.3, 0.4) is 0 Å². The lowest BCUT2D eigenvalue weighted by Crippen LogP contribution is -2.40. The zero-order valence-corrected chi connectivity index (χ0v) is 14.5. The third-order valence-corrected chi connectivity index (χ3v) is 5.01. The standard InChI is InChI=1S/C16H15Cl2N3O4/c17-9-4-1-3-8(13(9)18)10(7-22)19-14(23)12-11-5-2-6-21(11)16(25)20-15(12)24/h1,3-4,10,22H,2,5-7H2,(H,19,23)(H,20,24,25). The normalized spacial score (nSPS) is 14.2. The molecule has 0 spiro atoms. The zero-order chi connectivity index (χ0) is 18.1. The Balaban J connectivity index is 1.97. The van der Waals surface area contributed by atoms with Crippen LogP contribution in [0.5, 0.6) is 0 Å². The number of amides is 1. The van der Waals surface area contributed by atoms with Crippen LogP contribution < -0.4 is 16.6 Å². The second kappa shape index (κ2) is 7.03. The molecule has 0 fully saturated rings. The van der Waals surface area contributed by atoms with E-state index in [9.17, 15) is 19.5 Å². The van der Waals surface area contributed by atoms with Gasteiger partial charge in [-0.2, -0.15) is 0 Å². The lowest BCUT2D eigenvalue weighted by Gasteiger charge is -2.19. The molecule has 7 nitrogen and oxygen atoms in total. The van der Waals surface area contributed by atoms with E-state index in [4.69, 9.17) is 23.2 Å². The topological polar surface area (TPSA) is 104 Å². The number of aromatic nitrogens is 2. The van der Waals surface area contributed by atoms with Crippen molar-refractivity contribution in [2.45, 2.75) is 25.4 Å². The Labute approximate surface area is 152 Å². The van der Waals surface area contributed by atoms with Gasteiger partial charge in [0.25, 0.3) is 11.5 Å². The molecule has 2 aromatic rings. The molecule has 0 radical (unpaired) electrons. The average Bonchev–Trinajstić information content (AvgIpc) is 3.05. The summed E-state index contributed by atoms with van der Waals surface area (Å²) in [6, 6.07) is 4.02. The highest BCUT2D eigenvalue weighted by molar-refractivity contribution is 6.42. The van der Waals surface area contributed by atoms with E-state index >= 15 is 0 Å².